The second-order valence-corrected chi connectivity index (χ2v) is 6.52. The van der Waals surface area contributed by atoms with Crippen LogP contribution >= 0.6 is 28.3 Å². The van der Waals surface area contributed by atoms with Crippen LogP contribution in [0.2, 0.25) is 0 Å². The molecule has 0 spiro atoms. The maximum absolute atomic E-state index is 12.6. The molecule has 1 atom stereocenters. The van der Waals surface area contributed by atoms with Crippen molar-refractivity contribution in [3.63, 3.8) is 0 Å². The molecule has 1 saturated carbocycles. The molecule has 5 heteroatoms. The largest absolute Gasteiger partial charge is 0.351 e. The zero-order valence-electron chi connectivity index (χ0n) is 11.3. The summed E-state index contributed by atoms with van der Waals surface area (Å²) in [6, 6.07) is 8.45. The van der Waals surface area contributed by atoms with Crippen molar-refractivity contribution in [1.82, 2.24) is 10.6 Å². The fraction of sp³-hybridized carbons (Fsp3) is 0.533. The standard InChI is InChI=1S/C15H19BrN2O.ClH/c16-12-4-1-3-11(9-12)15(6-7-15)14(19)18-13-5-2-8-17-10-13;/h1,3-4,9,13,17H,2,5-8,10H2,(H,18,19);1H. The topological polar surface area (TPSA) is 41.1 Å². The maximum atomic E-state index is 12.6. The minimum atomic E-state index is -0.263. The molecule has 3 nitrogen and oxygen atoms in total. The van der Waals surface area contributed by atoms with Gasteiger partial charge in [-0.25, -0.2) is 0 Å². The van der Waals surface area contributed by atoms with Gasteiger partial charge in [-0.2, -0.15) is 0 Å². The molecule has 1 aromatic rings. The summed E-state index contributed by atoms with van der Waals surface area (Å²) < 4.78 is 1.04. The number of benzene rings is 1. The summed E-state index contributed by atoms with van der Waals surface area (Å²) in [5.74, 6) is 0.208. The van der Waals surface area contributed by atoms with Crippen molar-refractivity contribution < 1.29 is 4.79 Å². The molecule has 2 fully saturated rings. The molecule has 1 amide bonds. The van der Waals surface area contributed by atoms with Gasteiger partial charge in [0.2, 0.25) is 5.91 Å². The van der Waals surface area contributed by atoms with Gasteiger partial charge < -0.3 is 10.6 Å². The van der Waals surface area contributed by atoms with E-state index >= 15 is 0 Å². The SMILES string of the molecule is Cl.O=C(NC1CCCNC1)C1(c2cccc(Br)c2)CC1. The van der Waals surface area contributed by atoms with Crippen LogP contribution in [0.1, 0.15) is 31.2 Å². The van der Waals surface area contributed by atoms with Crippen LogP contribution in [0.5, 0.6) is 0 Å². The zero-order chi connectivity index (χ0) is 13.3. The van der Waals surface area contributed by atoms with Crippen molar-refractivity contribution in [1.29, 1.82) is 0 Å². The van der Waals surface area contributed by atoms with Crippen LogP contribution in [-0.2, 0) is 10.2 Å². The highest BCUT2D eigenvalue weighted by Gasteiger charge is 2.51. The summed E-state index contributed by atoms with van der Waals surface area (Å²) in [5, 5.41) is 6.56. The number of amides is 1. The van der Waals surface area contributed by atoms with Crippen molar-refractivity contribution in [2.45, 2.75) is 37.1 Å². The van der Waals surface area contributed by atoms with Crippen LogP contribution in [0.25, 0.3) is 0 Å². The third-order valence-corrected chi connectivity index (χ3v) is 4.69. The number of rotatable bonds is 3. The predicted octanol–water partition coefficient (Wildman–Crippen LogP) is 2.77. The van der Waals surface area contributed by atoms with Crippen molar-refractivity contribution in [3.05, 3.63) is 34.3 Å². The van der Waals surface area contributed by atoms with Crippen LogP contribution in [0.4, 0.5) is 0 Å². The summed E-state index contributed by atoms with van der Waals surface area (Å²) in [5.41, 5.74) is 0.879. The van der Waals surface area contributed by atoms with E-state index in [2.05, 4.69) is 38.7 Å². The molecule has 1 aromatic carbocycles. The predicted molar refractivity (Wildman–Crippen MR) is 86.3 cm³/mol. The Bertz CT molecular complexity index is 485. The Morgan fingerprint density at radius 1 is 1.40 bits per heavy atom. The zero-order valence-corrected chi connectivity index (χ0v) is 13.7. The third kappa shape index (κ3) is 3.18. The van der Waals surface area contributed by atoms with Crippen molar-refractivity contribution in [3.8, 4) is 0 Å². The lowest BCUT2D eigenvalue weighted by atomic mass is 9.94. The first-order valence-corrected chi connectivity index (χ1v) is 7.78. The van der Waals surface area contributed by atoms with Gasteiger partial charge in [0.05, 0.1) is 5.41 Å². The summed E-state index contributed by atoms with van der Waals surface area (Å²) in [7, 11) is 0. The highest BCUT2D eigenvalue weighted by Crippen LogP contribution is 2.49. The van der Waals surface area contributed by atoms with Crippen molar-refractivity contribution in [2.24, 2.45) is 0 Å². The lowest BCUT2D eigenvalue weighted by molar-refractivity contribution is -0.124. The van der Waals surface area contributed by atoms with Gasteiger partial charge in [-0.1, -0.05) is 28.1 Å². The molecule has 0 aromatic heterocycles. The quantitative estimate of drug-likeness (QED) is 0.871. The third-order valence-electron chi connectivity index (χ3n) is 4.19. The Hall–Kier alpha value is -0.580. The van der Waals surface area contributed by atoms with Crippen LogP contribution in [0.3, 0.4) is 0 Å². The lowest BCUT2D eigenvalue weighted by Crippen LogP contribution is -2.48. The highest BCUT2D eigenvalue weighted by atomic mass is 79.9. The van der Waals surface area contributed by atoms with E-state index in [0.717, 1.165) is 48.8 Å². The first-order valence-electron chi connectivity index (χ1n) is 6.98. The van der Waals surface area contributed by atoms with E-state index in [9.17, 15) is 4.79 Å². The van der Waals surface area contributed by atoms with E-state index in [1.807, 2.05) is 12.1 Å². The lowest BCUT2D eigenvalue weighted by Gasteiger charge is -2.26. The molecule has 3 rings (SSSR count). The molecular weight excluding hydrogens is 340 g/mol. The van der Waals surface area contributed by atoms with Crippen LogP contribution in [0, 0.1) is 0 Å². The number of hydrogen-bond acceptors (Lipinski definition) is 2. The van der Waals surface area contributed by atoms with Crippen molar-refractivity contribution >= 4 is 34.2 Å². The van der Waals surface area contributed by atoms with Gasteiger partial charge in [0, 0.05) is 17.1 Å². The number of piperidine rings is 1. The number of carbonyl (C=O) groups is 1. The summed E-state index contributed by atoms with van der Waals surface area (Å²) in [4.78, 5) is 12.6. The molecule has 1 aliphatic carbocycles. The highest BCUT2D eigenvalue weighted by molar-refractivity contribution is 9.10. The Kier molecular flexibility index (Phi) is 5.10. The first-order chi connectivity index (χ1) is 9.21. The van der Waals surface area contributed by atoms with E-state index in [0.29, 0.717) is 6.04 Å². The second kappa shape index (κ2) is 6.46. The van der Waals surface area contributed by atoms with E-state index in [-0.39, 0.29) is 23.7 Å². The van der Waals surface area contributed by atoms with Gasteiger partial charge in [0.25, 0.3) is 0 Å². The molecule has 0 radical (unpaired) electrons. The molecule has 2 N–H and O–H groups in total. The Balaban J connectivity index is 0.00000147. The monoisotopic (exact) mass is 358 g/mol. The van der Waals surface area contributed by atoms with Crippen molar-refractivity contribution in [2.75, 3.05) is 13.1 Å². The van der Waals surface area contributed by atoms with Gasteiger partial charge in [0.1, 0.15) is 0 Å². The molecule has 1 saturated heterocycles. The molecule has 1 heterocycles. The fourth-order valence-electron chi connectivity index (χ4n) is 2.86. The van der Waals surface area contributed by atoms with E-state index in [1.54, 1.807) is 0 Å². The minimum Gasteiger partial charge on any atom is -0.351 e. The number of hydrogen-bond donors (Lipinski definition) is 2. The second-order valence-electron chi connectivity index (χ2n) is 5.61. The van der Waals surface area contributed by atoms with E-state index < -0.39 is 0 Å². The molecular formula is C15H20BrClN2O. The Morgan fingerprint density at radius 3 is 2.80 bits per heavy atom. The van der Waals surface area contributed by atoms with Crippen LogP contribution in [0.15, 0.2) is 28.7 Å². The van der Waals surface area contributed by atoms with E-state index in [1.165, 1.54) is 0 Å². The normalized spacial score (nSPS) is 23.6. The number of nitrogens with one attached hydrogen (secondary N) is 2. The average Bonchev–Trinajstić information content (AvgIpc) is 3.21. The summed E-state index contributed by atoms with van der Waals surface area (Å²) in [6.07, 6.45) is 4.17. The van der Waals surface area contributed by atoms with Crippen LogP contribution in [-0.4, -0.2) is 25.0 Å². The molecule has 20 heavy (non-hydrogen) atoms. The first kappa shape index (κ1) is 15.8. The fourth-order valence-corrected chi connectivity index (χ4v) is 3.26. The van der Waals surface area contributed by atoms with E-state index in [4.69, 9.17) is 0 Å². The summed E-state index contributed by atoms with van der Waals surface area (Å²) in [6.45, 7) is 1.98. The molecule has 2 aliphatic rings. The average molecular weight is 360 g/mol. The Morgan fingerprint density at radius 2 is 2.20 bits per heavy atom. The summed E-state index contributed by atoms with van der Waals surface area (Å²) >= 11 is 3.49. The maximum Gasteiger partial charge on any atom is 0.230 e. The molecule has 110 valence electrons. The van der Waals surface area contributed by atoms with Gasteiger partial charge in [-0.05, 0) is 49.9 Å². The molecule has 0 bridgehead atoms. The number of carbonyl (C=O) groups excluding carboxylic acids is 1. The van der Waals surface area contributed by atoms with Gasteiger partial charge in [-0.3, -0.25) is 4.79 Å². The van der Waals surface area contributed by atoms with Gasteiger partial charge in [-0.15, -0.1) is 12.4 Å². The molecule has 1 aliphatic heterocycles. The number of halogens is 2. The smallest absolute Gasteiger partial charge is 0.230 e. The van der Waals surface area contributed by atoms with Gasteiger partial charge in [0.15, 0.2) is 0 Å². The molecule has 1 unspecified atom stereocenters. The Labute approximate surface area is 134 Å². The minimum absolute atomic E-state index is 0. The van der Waals surface area contributed by atoms with Gasteiger partial charge >= 0.3 is 0 Å². The van der Waals surface area contributed by atoms with Crippen LogP contribution < -0.4 is 10.6 Å².